The second-order valence-electron chi connectivity index (χ2n) is 3.83. The van der Waals surface area contributed by atoms with Gasteiger partial charge < -0.3 is 5.11 Å². The van der Waals surface area contributed by atoms with Gasteiger partial charge in [-0.15, -0.1) is 11.3 Å². The highest BCUT2D eigenvalue weighted by molar-refractivity contribution is 7.11. The number of thiazole rings is 1. The van der Waals surface area contributed by atoms with Gasteiger partial charge in [-0.3, -0.25) is 0 Å². The van der Waals surface area contributed by atoms with Crippen molar-refractivity contribution in [2.24, 2.45) is 5.41 Å². The fourth-order valence-electron chi connectivity index (χ4n) is 1.74. The molecular formula is C10H12N2OS. The van der Waals surface area contributed by atoms with Crippen molar-refractivity contribution < 1.29 is 5.11 Å². The van der Waals surface area contributed by atoms with Crippen LogP contribution in [0.1, 0.15) is 35.3 Å². The van der Waals surface area contributed by atoms with Crippen LogP contribution in [0.5, 0.6) is 0 Å². The van der Waals surface area contributed by atoms with Gasteiger partial charge in [0.15, 0.2) is 0 Å². The van der Waals surface area contributed by atoms with E-state index in [4.69, 9.17) is 5.26 Å². The summed E-state index contributed by atoms with van der Waals surface area (Å²) >= 11 is 1.48. The third kappa shape index (κ3) is 1.33. The minimum atomic E-state index is -0.694. The third-order valence-electron chi connectivity index (χ3n) is 2.86. The number of aliphatic hydroxyl groups is 1. The highest BCUT2D eigenvalue weighted by Gasteiger charge is 2.45. The third-order valence-corrected chi connectivity index (χ3v) is 3.83. The van der Waals surface area contributed by atoms with Gasteiger partial charge in [-0.25, -0.2) is 4.98 Å². The van der Waals surface area contributed by atoms with Gasteiger partial charge in [0, 0.05) is 11.1 Å². The Hall–Kier alpha value is -0.920. The number of hydrogen-bond donors (Lipinski definition) is 1. The van der Waals surface area contributed by atoms with Crippen LogP contribution in [-0.4, -0.2) is 10.1 Å². The average Bonchev–Trinajstić information content (AvgIpc) is 2.50. The predicted octanol–water partition coefficient (Wildman–Crippen LogP) is 2.18. The molecule has 0 spiro atoms. The lowest BCUT2D eigenvalue weighted by Gasteiger charge is -2.38. The first-order valence-electron chi connectivity index (χ1n) is 4.69. The van der Waals surface area contributed by atoms with Crippen LogP contribution in [0.3, 0.4) is 0 Å². The number of aliphatic hydroxyl groups excluding tert-OH is 1. The van der Waals surface area contributed by atoms with Crippen molar-refractivity contribution in [1.82, 2.24) is 4.98 Å². The van der Waals surface area contributed by atoms with E-state index in [0.29, 0.717) is 5.01 Å². The van der Waals surface area contributed by atoms with Crippen molar-refractivity contribution in [2.75, 3.05) is 0 Å². The average molecular weight is 208 g/mol. The molecule has 2 rings (SSSR count). The molecule has 1 N–H and O–H groups in total. The van der Waals surface area contributed by atoms with Gasteiger partial charge in [0.2, 0.25) is 0 Å². The highest BCUT2D eigenvalue weighted by atomic mass is 32.1. The number of rotatable bonds is 2. The molecule has 1 aliphatic carbocycles. The van der Waals surface area contributed by atoms with E-state index in [0.717, 1.165) is 24.1 Å². The van der Waals surface area contributed by atoms with Gasteiger partial charge in [-0.2, -0.15) is 5.26 Å². The van der Waals surface area contributed by atoms with Crippen LogP contribution in [-0.2, 0) is 0 Å². The van der Waals surface area contributed by atoms with Crippen LogP contribution >= 0.6 is 11.3 Å². The van der Waals surface area contributed by atoms with Crippen LogP contribution in [0.4, 0.5) is 0 Å². The fraction of sp³-hybridized carbons (Fsp3) is 0.600. The monoisotopic (exact) mass is 208 g/mol. The minimum absolute atomic E-state index is 0.551. The predicted molar refractivity (Wildman–Crippen MR) is 53.7 cm³/mol. The number of hydrogen-bond acceptors (Lipinski definition) is 4. The van der Waals surface area contributed by atoms with Crippen LogP contribution in [0, 0.1) is 23.7 Å². The topological polar surface area (TPSA) is 56.9 Å². The summed E-state index contributed by atoms with van der Waals surface area (Å²) in [5.41, 5.74) is -0.551. The molecule has 14 heavy (non-hydrogen) atoms. The standard InChI is InChI=1S/C10H12N2OS/c1-7-5-12-9(14-7)8(13)10(6-11)3-2-4-10/h5,8,13H,2-4H2,1H3. The molecule has 1 atom stereocenters. The molecule has 1 aromatic heterocycles. The Morgan fingerprint density at radius 1 is 1.71 bits per heavy atom. The molecule has 1 unspecified atom stereocenters. The summed E-state index contributed by atoms with van der Waals surface area (Å²) in [7, 11) is 0. The van der Waals surface area contributed by atoms with Crippen molar-refractivity contribution in [2.45, 2.75) is 32.3 Å². The maximum atomic E-state index is 10.0. The normalized spacial score (nSPS) is 20.9. The van der Waals surface area contributed by atoms with Gasteiger partial charge in [0.05, 0.1) is 11.5 Å². The van der Waals surface area contributed by atoms with Crippen molar-refractivity contribution >= 4 is 11.3 Å². The molecule has 1 heterocycles. The van der Waals surface area contributed by atoms with E-state index in [-0.39, 0.29) is 0 Å². The van der Waals surface area contributed by atoms with Crippen LogP contribution in [0.15, 0.2) is 6.20 Å². The Balaban J connectivity index is 2.23. The molecule has 1 saturated carbocycles. The maximum Gasteiger partial charge on any atom is 0.124 e. The molecule has 74 valence electrons. The molecule has 0 bridgehead atoms. The number of aryl methyl sites for hydroxylation is 1. The smallest absolute Gasteiger partial charge is 0.124 e. The number of aromatic nitrogens is 1. The van der Waals surface area contributed by atoms with E-state index >= 15 is 0 Å². The molecular weight excluding hydrogens is 196 g/mol. The lowest BCUT2D eigenvalue weighted by molar-refractivity contribution is 0.00781. The minimum Gasteiger partial charge on any atom is -0.384 e. The van der Waals surface area contributed by atoms with E-state index in [2.05, 4.69) is 11.1 Å². The molecule has 0 saturated heterocycles. The van der Waals surface area contributed by atoms with Crippen LogP contribution in [0.2, 0.25) is 0 Å². The van der Waals surface area contributed by atoms with Gasteiger partial charge in [0.1, 0.15) is 11.1 Å². The zero-order valence-corrected chi connectivity index (χ0v) is 8.84. The molecule has 4 heteroatoms. The van der Waals surface area contributed by atoms with Crippen molar-refractivity contribution in [1.29, 1.82) is 5.26 Å². The summed E-state index contributed by atoms with van der Waals surface area (Å²) in [6.07, 6.45) is 3.68. The second kappa shape index (κ2) is 3.34. The summed E-state index contributed by atoms with van der Waals surface area (Å²) in [6.45, 7) is 1.95. The summed E-state index contributed by atoms with van der Waals surface area (Å²) < 4.78 is 0. The van der Waals surface area contributed by atoms with E-state index in [1.54, 1.807) is 6.20 Å². The van der Waals surface area contributed by atoms with Gasteiger partial charge >= 0.3 is 0 Å². The number of nitrogens with zero attached hydrogens (tertiary/aromatic N) is 2. The van der Waals surface area contributed by atoms with Crippen molar-refractivity contribution in [3.05, 3.63) is 16.1 Å². The van der Waals surface area contributed by atoms with E-state index in [1.807, 2.05) is 6.92 Å². The fourth-order valence-corrected chi connectivity index (χ4v) is 2.62. The molecule has 3 nitrogen and oxygen atoms in total. The Labute approximate surface area is 87.0 Å². The van der Waals surface area contributed by atoms with Gasteiger partial charge in [-0.1, -0.05) is 6.42 Å². The zero-order valence-electron chi connectivity index (χ0n) is 8.03. The van der Waals surface area contributed by atoms with Crippen molar-refractivity contribution in [3.8, 4) is 6.07 Å². The Morgan fingerprint density at radius 3 is 2.79 bits per heavy atom. The Morgan fingerprint density at radius 2 is 2.43 bits per heavy atom. The van der Waals surface area contributed by atoms with Crippen LogP contribution in [0.25, 0.3) is 0 Å². The Bertz CT molecular complexity index is 376. The summed E-state index contributed by atoms with van der Waals surface area (Å²) in [6, 6.07) is 2.24. The maximum absolute atomic E-state index is 10.0. The summed E-state index contributed by atoms with van der Waals surface area (Å²) in [5, 5.41) is 19.8. The first-order chi connectivity index (χ1) is 6.68. The molecule has 1 aliphatic rings. The first kappa shape index (κ1) is 9.63. The molecule has 0 aliphatic heterocycles. The van der Waals surface area contributed by atoms with Crippen LogP contribution < -0.4 is 0 Å². The lowest BCUT2D eigenvalue weighted by atomic mass is 9.66. The molecule has 0 radical (unpaired) electrons. The van der Waals surface area contributed by atoms with Gasteiger partial charge in [-0.05, 0) is 19.8 Å². The van der Waals surface area contributed by atoms with Gasteiger partial charge in [0.25, 0.3) is 0 Å². The molecule has 0 amide bonds. The largest absolute Gasteiger partial charge is 0.384 e. The lowest BCUT2D eigenvalue weighted by Crippen LogP contribution is -2.34. The Kier molecular flexibility index (Phi) is 2.30. The van der Waals surface area contributed by atoms with E-state index in [1.165, 1.54) is 11.3 Å². The second-order valence-corrected chi connectivity index (χ2v) is 5.10. The molecule has 1 aromatic rings. The summed E-state index contributed by atoms with van der Waals surface area (Å²) in [4.78, 5) is 5.20. The van der Waals surface area contributed by atoms with E-state index in [9.17, 15) is 5.11 Å². The summed E-state index contributed by atoms with van der Waals surface area (Å²) in [5.74, 6) is 0. The highest BCUT2D eigenvalue weighted by Crippen LogP contribution is 2.50. The quantitative estimate of drug-likeness (QED) is 0.810. The van der Waals surface area contributed by atoms with E-state index < -0.39 is 11.5 Å². The van der Waals surface area contributed by atoms with Crippen molar-refractivity contribution in [3.63, 3.8) is 0 Å². The molecule has 0 aromatic carbocycles. The SMILES string of the molecule is Cc1cnc(C(O)C2(C#N)CCC2)s1. The first-order valence-corrected chi connectivity index (χ1v) is 5.51. The number of nitriles is 1. The zero-order chi connectivity index (χ0) is 10.2. The molecule has 1 fully saturated rings.